The summed E-state index contributed by atoms with van der Waals surface area (Å²) in [5.74, 6) is -0.937. The molecule has 136 valence electrons. The average Bonchev–Trinajstić information content (AvgIpc) is 2.56. The maximum absolute atomic E-state index is 12.0. The molecule has 0 aliphatic carbocycles. The number of rotatable bonds is 11. The van der Waals surface area contributed by atoms with Crippen LogP contribution in [0, 0.1) is 0 Å². The summed E-state index contributed by atoms with van der Waals surface area (Å²) in [6, 6.07) is 1.35. The van der Waals surface area contributed by atoms with Gasteiger partial charge in [0.2, 0.25) is 0 Å². The number of aromatic carboxylic acids is 1. The van der Waals surface area contributed by atoms with E-state index in [0.29, 0.717) is 0 Å². The van der Waals surface area contributed by atoms with Crippen LogP contribution in [-0.4, -0.2) is 34.0 Å². The SMILES string of the molecule is CCC[CH2][Sn]([CH2]CCC)([CH2]CCC)[c]1cn(C)c(=O)cc1C(=O)O. The molecular formula is C19H33NO3Sn. The van der Waals surface area contributed by atoms with E-state index < -0.39 is 24.3 Å². The quantitative estimate of drug-likeness (QED) is 0.525. The zero-order valence-corrected chi connectivity index (χ0v) is 18.6. The van der Waals surface area contributed by atoms with E-state index in [1.165, 1.54) is 38.6 Å². The first-order valence-corrected chi connectivity index (χ1v) is 16.8. The van der Waals surface area contributed by atoms with E-state index in [-0.39, 0.29) is 11.1 Å². The van der Waals surface area contributed by atoms with E-state index >= 15 is 0 Å². The van der Waals surface area contributed by atoms with Crippen molar-refractivity contribution >= 4 is 27.9 Å². The van der Waals surface area contributed by atoms with Gasteiger partial charge in [0.1, 0.15) is 0 Å². The first-order chi connectivity index (χ1) is 11.4. The summed E-state index contributed by atoms with van der Waals surface area (Å²) in [6.07, 6.45) is 8.83. The van der Waals surface area contributed by atoms with Crippen LogP contribution in [0.3, 0.4) is 0 Å². The van der Waals surface area contributed by atoms with E-state index in [4.69, 9.17) is 0 Å². The second kappa shape index (κ2) is 10.3. The molecule has 4 nitrogen and oxygen atoms in total. The Morgan fingerprint density at radius 1 is 1.04 bits per heavy atom. The van der Waals surface area contributed by atoms with Crippen LogP contribution in [0.25, 0.3) is 0 Å². The Morgan fingerprint density at radius 3 is 1.88 bits per heavy atom. The molecule has 5 heteroatoms. The summed E-state index contributed by atoms with van der Waals surface area (Å²) >= 11 is -2.86. The molecule has 0 unspecified atom stereocenters. The summed E-state index contributed by atoms with van der Waals surface area (Å²) in [4.78, 5) is 23.8. The molecule has 0 radical (unpaired) electrons. The number of carboxylic acid groups (broad SMARTS) is 1. The Bertz CT molecular complexity index is 573. The molecule has 1 aromatic heterocycles. The molecule has 0 fully saturated rings. The minimum atomic E-state index is -2.86. The summed E-state index contributed by atoms with van der Waals surface area (Å²) in [5.41, 5.74) is 0.0648. The first kappa shape index (κ1) is 21.3. The van der Waals surface area contributed by atoms with Crippen molar-refractivity contribution in [1.82, 2.24) is 4.57 Å². The molecule has 0 aliphatic rings. The van der Waals surface area contributed by atoms with Gasteiger partial charge in [0.25, 0.3) is 0 Å². The van der Waals surface area contributed by atoms with Crippen molar-refractivity contribution in [3.8, 4) is 0 Å². The Balaban J connectivity index is 3.51. The molecule has 24 heavy (non-hydrogen) atoms. The fourth-order valence-electron chi connectivity index (χ4n) is 3.55. The van der Waals surface area contributed by atoms with E-state index in [9.17, 15) is 14.7 Å². The third-order valence-electron chi connectivity index (χ3n) is 5.06. The number of aromatic nitrogens is 1. The van der Waals surface area contributed by atoms with Crippen molar-refractivity contribution in [3.05, 3.63) is 28.2 Å². The number of carboxylic acids is 1. The standard InChI is InChI=1S/C7H6NO3.3C4H9.Sn/c1-8-3-2-5(7(10)11)4-6(8)9;3*1-3-4-2;/h3-4H,1H3,(H,10,11);3*1,3-4H2,2H3;. The van der Waals surface area contributed by atoms with Crippen LogP contribution in [0.2, 0.25) is 13.3 Å². The van der Waals surface area contributed by atoms with Crippen molar-refractivity contribution in [2.45, 2.75) is 72.6 Å². The van der Waals surface area contributed by atoms with Gasteiger partial charge in [-0.05, 0) is 0 Å². The van der Waals surface area contributed by atoms with Crippen LogP contribution in [0.4, 0.5) is 0 Å². The third kappa shape index (κ3) is 5.36. The third-order valence-corrected chi connectivity index (χ3v) is 20.7. The molecule has 1 rings (SSSR count). The summed E-state index contributed by atoms with van der Waals surface area (Å²) in [6.45, 7) is 6.61. The molecular weight excluding hydrogens is 409 g/mol. The van der Waals surface area contributed by atoms with Gasteiger partial charge in [-0.25, -0.2) is 0 Å². The molecule has 0 aromatic carbocycles. The fraction of sp³-hybridized carbons (Fsp3) is 0.684. The zero-order chi connectivity index (χ0) is 18.2. The monoisotopic (exact) mass is 443 g/mol. The Kier molecular flexibility index (Phi) is 9.09. The van der Waals surface area contributed by atoms with Gasteiger partial charge in [-0.2, -0.15) is 0 Å². The maximum atomic E-state index is 12.0. The van der Waals surface area contributed by atoms with Crippen molar-refractivity contribution < 1.29 is 9.90 Å². The van der Waals surface area contributed by atoms with Crippen LogP contribution < -0.4 is 9.14 Å². The van der Waals surface area contributed by atoms with Crippen LogP contribution in [0.5, 0.6) is 0 Å². The van der Waals surface area contributed by atoms with Crippen molar-refractivity contribution in [3.63, 3.8) is 0 Å². The Morgan fingerprint density at radius 2 is 1.50 bits per heavy atom. The Hall–Kier alpha value is -0.781. The normalized spacial score (nSPS) is 11.7. The number of nitrogens with zero attached hydrogens (tertiary/aromatic N) is 1. The van der Waals surface area contributed by atoms with Crippen LogP contribution in [0.1, 0.15) is 69.7 Å². The summed E-state index contributed by atoms with van der Waals surface area (Å²) in [7, 11) is 1.74. The van der Waals surface area contributed by atoms with Gasteiger partial charge in [-0.15, -0.1) is 0 Å². The average molecular weight is 442 g/mol. The number of pyridine rings is 1. The summed E-state index contributed by atoms with van der Waals surface area (Å²) in [5, 5.41) is 9.71. The molecule has 0 atom stereocenters. The molecule has 0 amide bonds. The van der Waals surface area contributed by atoms with Crippen molar-refractivity contribution in [2.24, 2.45) is 7.05 Å². The molecule has 0 spiro atoms. The molecule has 0 bridgehead atoms. The van der Waals surface area contributed by atoms with Crippen molar-refractivity contribution in [1.29, 1.82) is 0 Å². The molecule has 1 heterocycles. The van der Waals surface area contributed by atoms with Crippen molar-refractivity contribution in [2.75, 3.05) is 0 Å². The number of hydrogen-bond donors (Lipinski definition) is 1. The van der Waals surface area contributed by atoms with E-state index in [1.54, 1.807) is 11.6 Å². The molecule has 1 aromatic rings. The fourth-order valence-corrected chi connectivity index (χ4v) is 20.3. The van der Waals surface area contributed by atoms with E-state index in [1.807, 2.05) is 6.20 Å². The van der Waals surface area contributed by atoms with Gasteiger partial charge < -0.3 is 0 Å². The van der Waals surface area contributed by atoms with Crippen LogP contribution in [0.15, 0.2) is 17.1 Å². The van der Waals surface area contributed by atoms with Gasteiger partial charge in [-0.1, -0.05) is 0 Å². The van der Waals surface area contributed by atoms with E-state index in [0.717, 1.165) is 22.8 Å². The molecule has 0 saturated heterocycles. The molecule has 0 aliphatic heterocycles. The zero-order valence-electron chi connectivity index (χ0n) is 15.7. The number of carbonyl (C=O) groups is 1. The van der Waals surface area contributed by atoms with Gasteiger partial charge >= 0.3 is 150 Å². The number of unbranched alkanes of at least 4 members (excludes halogenated alkanes) is 3. The second-order valence-electron chi connectivity index (χ2n) is 6.95. The van der Waals surface area contributed by atoms with Gasteiger partial charge in [0.15, 0.2) is 0 Å². The van der Waals surface area contributed by atoms with Crippen LogP contribution in [-0.2, 0) is 7.05 Å². The predicted molar refractivity (Wildman–Crippen MR) is 103 cm³/mol. The number of hydrogen-bond acceptors (Lipinski definition) is 2. The summed E-state index contributed by atoms with van der Waals surface area (Å²) < 4.78 is 6.24. The number of aryl methyl sites for hydroxylation is 1. The Labute approximate surface area is 150 Å². The van der Waals surface area contributed by atoms with Gasteiger partial charge in [0.05, 0.1) is 0 Å². The topological polar surface area (TPSA) is 59.3 Å². The second-order valence-corrected chi connectivity index (χ2v) is 20.1. The predicted octanol–water partition coefficient (Wildman–Crippen LogP) is 4.14. The molecule has 0 saturated carbocycles. The first-order valence-electron chi connectivity index (χ1n) is 9.36. The van der Waals surface area contributed by atoms with Gasteiger partial charge in [0, 0.05) is 0 Å². The minimum absolute atomic E-state index is 0.224. The molecule has 1 N–H and O–H groups in total. The van der Waals surface area contributed by atoms with Crippen LogP contribution >= 0.6 is 0 Å². The van der Waals surface area contributed by atoms with Gasteiger partial charge in [-0.3, -0.25) is 0 Å². The van der Waals surface area contributed by atoms with E-state index in [2.05, 4.69) is 20.8 Å².